The molecule has 0 saturated heterocycles. The van der Waals surface area contributed by atoms with E-state index in [4.69, 9.17) is 4.74 Å². The van der Waals surface area contributed by atoms with Crippen LogP contribution in [0.2, 0.25) is 0 Å². The second-order valence-corrected chi connectivity index (χ2v) is 6.23. The lowest BCUT2D eigenvalue weighted by Gasteiger charge is -2.25. The Morgan fingerprint density at radius 2 is 1.62 bits per heavy atom. The molecular weight excluding hydrogens is 374 g/mol. The molecule has 0 atom stereocenters. The van der Waals surface area contributed by atoms with E-state index >= 15 is 0 Å². The van der Waals surface area contributed by atoms with E-state index in [1.54, 1.807) is 7.11 Å². The molecule has 0 aliphatic carbocycles. The van der Waals surface area contributed by atoms with Crippen LogP contribution in [0.5, 0.6) is 5.75 Å². The molecule has 0 fully saturated rings. The molecule has 2 aromatic rings. The largest absolute Gasteiger partial charge is 0.545 e. The molecule has 156 valence electrons. The van der Waals surface area contributed by atoms with Crippen LogP contribution in [0.3, 0.4) is 0 Å². The van der Waals surface area contributed by atoms with Gasteiger partial charge in [-0.25, -0.2) is 4.98 Å². The van der Waals surface area contributed by atoms with Crippen LogP contribution in [-0.2, 0) is 16.1 Å². The molecule has 0 spiro atoms. The summed E-state index contributed by atoms with van der Waals surface area (Å²) in [7, 11) is 5.86. The Kier molecular flexibility index (Phi) is 10.5. The minimum absolute atomic E-state index is 0.384. The summed E-state index contributed by atoms with van der Waals surface area (Å²) in [6.45, 7) is 2.78. The van der Waals surface area contributed by atoms with Gasteiger partial charge in [-0.15, -0.1) is 0 Å². The number of pyridine rings is 1. The van der Waals surface area contributed by atoms with Crippen molar-refractivity contribution >= 4 is 17.8 Å². The molecule has 1 aromatic heterocycles. The number of carboxylic acid groups (broad SMARTS) is 2. The monoisotopic (exact) mass is 399 g/mol. The summed E-state index contributed by atoms with van der Waals surface area (Å²) in [6.07, 6.45) is 2.61. The van der Waals surface area contributed by atoms with Gasteiger partial charge in [-0.1, -0.05) is 18.2 Å². The van der Waals surface area contributed by atoms with Crippen molar-refractivity contribution in [3.8, 4) is 5.75 Å². The van der Waals surface area contributed by atoms with Crippen LogP contribution in [0.1, 0.15) is 5.56 Å². The van der Waals surface area contributed by atoms with E-state index in [-0.39, 0.29) is 0 Å². The second-order valence-electron chi connectivity index (χ2n) is 6.23. The maximum absolute atomic E-state index is 9.41. The van der Waals surface area contributed by atoms with Crippen molar-refractivity contribution in [2.24, 2.45) is 0 Å². The first kappa shape index (κ1) is 23.6. The Morgan fingerprint density at radius 1 is 1.00 bits per heavy atom. The summed E-state index contributed by atoms with van der Waals surface area (Å²) in [5.41, 5.74) is 1.25. The lowest BCUT2D eigenvalue weighted by Crippen LogP contribution is -2.31. The summed E-state index contributed by atoms with van der Waals surface area (Å²) >= 11 is 0. The van der Waals surface area contributed by atoms with E-state index in [0.717, 1.165) is 31.2 Å². The Labute approximate surface area is 170 Å². The first-order valence-corrected chi connectivity index (χ1v) is 8.85. The Bertz CT molecular complexity index is 761. The molecule has 0 saturated carbocycles. The number of benzene rings is 1. The predicted molar refractivity (Wildman–Crippen MR) is 106 cm³/mol. The molecule has 0 aliphatic rings. The SMILES string of the molecule is COc1ccc(CN(CCN(C)C)c2ccccn2)cc1.O=C([O-])/C=C\C(=O)[O-]. The van der Waals surface area contributed by atoms with Gasteiger partial charge in [0.05, 0.1) is 19.0 Å². The number of rotatable bonds is 9. The Morgan fingerprint density at radius 3 is 2.07 bits per heavy atom. The number of carbonyl (C=O) groups excluding carboxylic acids is 2. The third-order valence-corrected chi connectivity index (χ3v) is 3.68. The Hall–Kier alpha value is -3.39. The van der Waals surface area contributed by atoms with Gasteiger partial charge >= 0.3 is 0 Å². The highest BCUT2D eigenvalue weighted by Crippen LogP contribution is 2.16. The first-order valence-electron chi connectivity index (χ1n) is 8.85. The van der Waals surface area contributed by atoms with E-state index in [0.29, 0.717) is 12.2 Å². The normalized spacial score (nSPS) is 10.3. The molecule has 0 unspecified atom stereocenters. The number of hydrogen-bond acceptors (Lipinski definition) is 8. The van der Waals surface area contributed by atoms with Crippen LogP contribution >= 0.6 is 0 Å². The number of carbonyl (C=O) groups is 2. The number of aromatic nitrogens is 1. The molecule has 2 rings (SSSR count). The molecule has 0 amide bonds. The van der Waals surface area contributed by atoms with E-state index in [1.165, 1.54) is 5.56 Å². The molecule has 0 bridgehead atoms. The molecule has 8 nitrogen and oxygen atoms in total. The summed E-state index contributed by atoms with van der Waals surface area (Å²) in [5.74, 6) is -1.20. The summed E-state index contributed by atoms with van der Waals surface area (Å²) < 4.78 is 5.21. The average molecular weight is 399 g/mol. The zero-order valence-corrected chi connectivity index (χ0v) is 16.8. The predicted octanol–water partition coefficient (Wildman–Crippen LogP) is -0.299. The zero-order valence-electron chi connectivity index (χ0n) is 16.8. The van der Waals surface area contributed by atoms with Crippen LogP contribution in [0.25, 0.3) is 0 Å². The van der Waals surface area contributed by atoms with Crippen molar-refractivity contribution in [2.75, 3.05) is 39.2 Å². The molecule has 29 heavy (non-hydrogen) atoms. The fourth-order valence-corrected chi connectivity index (χ4v) is 2.22. The highest BCUT2D eigenvalue weighted by molar-refractivity contribution is 5.87. The highest BCUT2D eigenvalue weighted by atomic mass is 16.5. The van der Waals surface area contributed by atoms with Gasteiger partial charge in [0.25, 0.3) is 0 Å². The van der Waals surface area contributed by atoms with Crippen molar-refractivity contribution < 1.29 is 24.5 Å². The molecule has 1 aromatic carbocycles. The van der Waals surface area contributed by atoms with Crippen LogP contribution in [0.4, 0.5) is 5.82 Å². The van der Waals surface area contributed by atoms with Gasteiger partial charge in [-0.05, 0) is 56.1 Å². The fourth-order valence-electron chi connectivity index (χ4n) is 2.22. The van der Waals surface area contributed by atoms with Gasteiger partial charge in [-0.3, -0.25) is 0 Å². The van der Waals surface area contributed by atoms with Gasteiger partial charge in [0.1, 0.15) is 11.6 Å². The van der Waals surface area contributed by atoms with Crippen LogP contribution < -0.4 is 19.8 Å². The average Bonchev–Trinajstić information content (AvgIpc) is 2.71. The molecule has 8 heteroatoms. The standard InChI is InChI=1S/C17H23N3O.C4H4O4/c1-19(2)12-13-20(17-6-4-5-11-18-17)14-15-7-9-16(21-3)10-8-15;5-3(6)1-2-4(7)8/h4-11H,12-14H2,1-3H3;1-2H,(H,5,6)(H,7,8)/p-2/b;2-1-. The topological polar surface area (TPSA) is 109 Å². The van der Waals surface area contributed by atoms with Crippen molar-refractivity contribution in [1.82, 2.24) is 9.88 Å². The number of anilines is 1. The third kappa shape index (κ3) is 10.5. The molecular formula is C21H25N3O5-2. The molecule has 0 N–H and O–H groups in total. The molecule has 1 heterocycles. The van der Waals surface area contributed by atoms with Gasteiger partial charge < -0.3 is 34.3 Å². The van der Waals surface area contributed by atoms with Crippen LogP contribution in [0.15, 0.2) is 60.8 Å². The smallest absolute Gasteiger partial charge is 0.128 e. The fraction of sp³-hybridized carbons (Fsp3) is 0.286. The second kappa shape index (κ2) is 12.9. The maximum atomic E-state index is 9.41. The number of aliphatic carboxylic acids is 2. The molecule has 0 radical (unpaired) electrons. The van der Waals surface area contributed by atoms with Gasteiger partial charge in [0, 0.05) is 25.8 Å². The number of ether oxygens (including phenoxy) is 1. The number of likely N-dealkylation sites (N-methyl/N-ethyl adjacent to an activating group) is 1. The number of carboxylic acids is 2. The van der Waals surface area contributed by atoms with Crippen molar-refractivity contribution in [3.05, 3.63) is 66.4 Å². The van der Waals surface area contributed by atoms with E-state index in [9.17, 15) is 19.8 Å². The molecule has 0 aliphatic heterocycles. The van der Waals surface area contributed by atoms with Gasteiger partial charge in [0.15, 0.2) is 0 Å². The van der Waals surface area contributed by atoms with Crippen LogP contribution in [0, 0.1) is 0 Å². The number of hydrogen-bond donors (Lipinski definition) is 0. The highest BCUT2D eigenvalue weighted by Gasteiger charge is 2.09. The minimum atomic E-state index is -1.55. The summed E-state index contributed by atoms with van der Waals surface area (Å²) in [6, 6.07) is 14.2. The van der Waals surface area contributed by atoms with Crippen molar-refractivity contribution in [3.63, 3.8) is 0 Å². The summed E-state index contributed by atoms with van der Waals surface area (Å²) in [4.78, 5) is 27.8. The van der Waals surface area contributed by atoms with Crippen molar-refractivity contribution in [1.29, 1.82) is 0 Å². The number of nitrogens with zero attached hydrogens (tertiary/aromatic N) is 3. The van der Waals surface area contributed by atoms with E-state index in [2.05, 4.69) is 47.1 Å². The summed E-state index contributed by atoms with van der Waals surface area (Å²) in [5, 5.41) is 18.8. The van der Waals surface area contributed by atoms with E-state index in [1.807, 2.05) is 30.5 Å². The third-order valence-electron chi connectivity index (χ3n) is 3.68. The maximum Gasteiger partial charge on any atom is 0.128 e. The minimum Gasteiger partial charge on any atom is -0.545 e. The first-order chi connectivity index (χ1) is 13.8. The lowest BCUT2D eigenvalue weighted by atomic mass is 10.2. The van der Waals surface area contributed by atoms with Gasteiger partial charge in [0.2, 0.25) is 0 Å². The Balaban J connectivity index is 0.000000447. The van der Waals surface area contributed by atoms with E-state index < -0.39 is 11.9 Å². The lowest BCUT2D eigenvalue weighted by molar-refractivity contribution is -0.301. The quantitative estimate of drug-likeness (QED) is 0.529. The van der Waals surface area contributed by atoms with Crippen LogP contribution in [-0.4, -0.2) is 56.1 Å². The zero-order chi connectivity index (χ0) is 21.6. The number of methoxy groups -OCH3 is 1. The van der Waals surface area contributed by atoms with Gasteiger partial charge in [-0.2, -0.15) is 0 Å². The van der Waals surface area contributed by atoms with Crippen molar-refractivity contribution in [2.45, 2.75) is 6.54 Å².